The fraction of sp³-hybridized carbons (Fsp3) is 0.0588. The molecule has 0 bridgehead atoms. The van der Waals surface area contributed by atoms with Gasteiger partial charge in [-0.25, -0.2) is 9.97 Å². The summed E-state index contributed by atoms with van der Waals surface area (Å²) in [6.07, 6.45) is -3.39. The summed E-state index contributed by atoms with van der Waals surface area (Å²) < 4.78 is 39.1. The highest BCUT2D eigenvalue weighted by molar-refractivity contribution is 6.36. The van der Waals surface area contributed by atoms with Crippen molar-refractivity contribution >= 4 is 63.5 Å². The van der Waals surface area contributed by atoms with E-state index >= 15 is 0 Å². The Labute approximate surface area is 172 Å². The number of aromatic nitrogens is 2. The van der Waals surface area contributed by atoms with Gasteiger partial charge in [-0.15, -0.1) is 0 Å². The smallest absolute Gasteiger partial charge is 0.393 e. The van der Waals surface area contributed by atoms with Crippen LogP contribution in [0, 0.1) is 0 Å². The molecule has 5 nitrogen and oxygen atoms in total. The first-order valence-electron chi connectivity index (χ1n) is 7.61. The third-order valence-corrected chi connectivity index (χ3v) is 4.48. The van der Waals surface area contributed by atoms with Crippen molar-refractivity contribution in [3.05, 3.63) is 63.4 Å². The molecule has 3 rings (SSSR count). The maximum atomic E-state index is 13.0. The second-order valence-corrected chi connectivity index (χ2v) is 6.80. The summed E-state index contributed by atoms with van der Waals surface area (Å²) in [6, 6.07) is 8.17. The number of anilines is 5. The number of rotatable bonds is 4. The van der Waals surface area contributed by atoms with E-state index in [1.54, 1.807) is 12.1 Å². The summed E-state index contributed by atoms with van der Waals surface area (Å²) in [4.78, 5) is 8.00. The molecule has 0 amide bonds. The molecule has 0 spiro atoms. The average Bonchev–Trinajstić information content (AvgIpc) is 2.61. The molecule has 0 saturated heterocycles. The van der Waals surface area contributed by atoms with Crippen molar-refractivity contribution in [2.45, 2.75) is 6.18 Å². The van der Waals surface area contributed by atoms with E-state index in [9.17, 15) is 13.2 Å². The number of alkyl halides is 3. The fourth-order valence-corrected chi connectivity index (χ4v) is 2.95. The molecule has 1 aromatic heterocycles. The monoisotopic (exact) mass is 447 g/mol. The Morgan fingerprint density at radius 2 is 1.54 bits per heavy atom. The maximum Gasteiger partial charge on any atom is 0.417 e. The number of nitrogen functional groups attached to an aromatic ring is 1. The third-order valence-electron chi connectivity index (χ3n) is 3.60. The van der Waals surface area contributed by atoms with Crippen LogP contribution in [0.3, 0.4) is 0 Å². The Morgan fingerprint density at radius 3 is 2.18 bits per heavy atom. The van der Waals surface area contributed by atoms with Gasteiger partial charge < -0.3 is 16.4 Å². The molecule has 0 unspecified atom stereocenters. The summed E-state index contributed by atoms with van der Waals surface area (Å²) >= 11 is 17.6. The van der Waals surface area contributed by atoms with E-state index < -0.39 is 16.8 Å². The number of nitrogens with one attached hydrogen (secondary N) is 2. The van der Waals surface area contributed by atoms with Crippen LogP contribution in [0.15, 0.2) is 42.7 Å². The second kappa shape index (κ2) is 7.90. The SMILES string of the molecule is Nc1c(Nc2ccc(Cl)c(C(F)(F)F)c2)ncnc1Nc1ccc(Cl)cc1Cl. The molecule has 1 heterocycles. The zero-order chi connectivity index (χ0) is 20.5. The molecule has 0 aliphatic carbocycles. The van der Waals surface area contributed by atoms with Gasteiger partial charge in [0.1, 0.15) is 12.0 Å². The van der Waals surface area contributed by atoms with Crippen molar-refractivity contribution < 1.29 is 13.2 Å². The standard InChI is InChI=1S/C17H11Cl3F3N5/c18-8-1-4-13(12(20)5-8)28-16-14(24)15(25-7-26-16)27-9-2-3-11(19)10(6-9)17(21,22)23/h1-7H,24H2,(H2,25,26,27,28). The minimum atomic E-state index is -4.59. The third kappa shape index (κ3) is 4.52. The lowest BCUT2D eigenvalue weighted by Crippen LogP contribution is -2.08. The van der Waals surface area contributed by atoms with Crippen molar-refractivity contribution in [1.82, 2.24) is 9.97 Å². The van der Waals surface area contributed by atoms with Crippen molar-refractivity contribution in [1.29, 1.82) is 0 Å². The first-order valence-corrected chi connectivity index (χ1v) is 8.75. The van der Waals surface area contributed by atoms with Crippen LogP contribution in [0.1, 0.15) is 5.56 Å². The number of benzene rings is 2. The zero-order valence-corrected chi connectivity index (χ0v) is 16.0. The van der Waals surface area contributed by atoms with Gasteiger partial charge in [-0.2, -0.15) is 13.2 Å². The highest BCUT2D eigenvalue weighted by Gasteiger charge is 2.33. The second-order valence-electron chi connectivity index (χ2n) is 5.55. The first kappa shape index (κ1) is 20.3. The van der Waals surface area contributed by atoms with Crippen LogP contribution in [0.5, 0.6) is 0 Å². The van der Waals surface area contributed by atoms with Gasteiger partial charge in [-0.3, -0.25) is 0 Å². The summed E-state index contributed by atoms with van der Waals surface area (Å²) in [7, 11) is 0. The molecule has 3 aromatic rings. The lowest BCUT2D eigenvalue weighted by Gasteiger charge is -2.15. The molecular weight excluding hydrogens is 438 g/mol. The molecule has 0 radical (unpaired) electrons. The number of hydrogen-bond acceptors (Lipinski definition) is 5. The van der Waals surface area contributed by atoms with E-state index in [1.807, 2.05) is 0 Å². The molecule has 146 valence electrons. The van der Waals surface area contributed by atoms with Crippen LogP contribution in [0.25, 0.3) is 0 Å². The van der Waals surface area contributed by atoms with Crippen molar-refractivity contribution in [2.75, 3.05) is 16.4 Å². The van der Waals surface area contributed by atoms with Crippen LogP contribution in [0.2, 0.25) is 15.1 Å². The van der Waals surface area contributed by atoms with Crippen LogP contribution in [0.4, 0.5) is 41.9 Å². The van der Waals surface area contributed by atoms with E-state index in [-0.39, 0.29) is 23.0 Å². The van der Waals surface area contributed by atoms with E-state index in [0.717, 1.165) is 12.1 Å². The quantitative estimate of drug-likeness (QED) is 0.423. The van der Waals surface area contributed by atoms with Gasteiger partial charge in [-0.05, 0) is 36.4 Å². The fourth-order valence-electron chi connectivity index (χ4n) is 2.27. The maximum absolute atomic E-state index is 13.0. The number of hydrogen-bond donors (Lipinski definition) is 3. The minimum absolute atomic E-state index is 0.0806. The molecule has 0 aliphatic rings. The summed E-state index contributed by atoms with van der Waals surface area (Å²) in [5.74, 6) is 0.324. The summed E-state index contributed by atoms with van der Waals surface area (Å²) in [5.41, 5.74) is 5.75. The molecule has 0 fully saturated rings. The van der Waals surface area contributed by atoms with Crippen molar-refractivity contribution in [2.24, 2.45) is 0 Å². The lowest BCUT2D eigenvalue weighted by atomic mass is 10.2. The number of halogens is 6. The van der Waals surface area contributed by atoms with Crippen molar-refractivity contribution in [3.8, 4) is 0 Å². The molecular formula is C17H11Cl3F3N5. The molecule has 2 aromatic carbocycles. The highest BCUT2D eigenvalue weighted by Crippen LogP contribution is 2.37. The summed E-state index contributed by atoms with van der Waals surface area (Å²) in [5, 5.41) is 6.05. The minimum Gasteiger partial charge on any atom is -0.393 e. The Balaban J connectivity index is 1.90. The largest absolute Gasteiger partial charge is 0.417 e. The van der Waals surface area contributed by atoms with E-state index in [4.69, 9.17) is 40.5 Å². The molecule has 11 heteroatoms. The lowest BCUT2D eigenvalue weighted by molar-refractivity contribution is -0.137. The Kier molecular flexibility index (Phi) is 5.74. The van der Waals surface area contributed by atoms with Crippen LogP contribution in [-0.2, 0) is 6.18 Å². The van der Waals surface area contributed by atoms with Gasteiger partial charge in [0.05, 0.1) is 21.3 Å². The van der Waals surface area contributed by atoms with Gasteiger partial charge in [0.15, 0.2) is 11.6 Å². The van der Waals surface area contributed by atoms with Gasteiger partial charge in [0, 0.05) is 10.7 Å². The van der Waals surface area contributed by atoms with E-state index in [0.29, 0.717) is 15.7 Å². The van der Waals surface area contributed by atoms with Gasteiger partial charge in [0.2, 0.25) is 0 Å². The molecule has 0 aliphatic heterocycles. The zero-order valence-electron chi connectivity index (χ0n) is 13.8. The first-order chi connectivity index (χ1) is 13.1. The predicted molar refractivity (Wildman–Crippen MR) is 106 cm³/mol. The topological polar surface area (TPSA) is 75.9 Å². The van der Waals surface area contributed by atoms with Gasteiger partial charge in [-0.1, -0.05) is 34.8 Å². The number of nitrogens with two attached hydrogens (primary N) is 1. The van der Waals surface area contributed by atoms with E-state index in [2.05, 4.69) is 20.6 Å². The summed E-state index contributed by atoms with van der Waals surface area (Å²) in [6.45, 7) is 0. The molecule has 4 N–H and O–H groups in total. The molecule has 0 atom stereocenters. The van der Waals surface area contributed by atoms with E-state index in [1.165, 1.54) is 18.5 Å². The number of nitrogens with zero attached hydrogens (tertiary/aromatic N) is 2. The average molecular weight is 449 g/mol. The Morgan fingerprint density at radius 1 is 0.857 bits per heavy atom. The Hall–Kier alpha value is -2.42. The molecule has 28 heavy (non-hydrogen) atoms. The van der Waals surface area contributed by atoms with Crippen LogP contribution < -0.4 is 16.4 Å². The van der Waals surface area contributed by atoms with Crippen LogP contribution >= 0.6 is 34.8 Å². The highest BCUT2D eigenvalue weighted by atomic mass is 35.5. The van der Waals surface area contributed by atoms with Gasteiger partial charge in [0.25, 0.3) is 0 Å². The normalized spacial score (nSPS) is 11.4. The van der Waals surface area contributed by atoms with Crippen LogP contribution in [-0.4, -0.2) is 9.97 Å². The molecule has 0 saturated carbocycles. The van der Waals surface area contributed by atoms with Gasteiger partial charge >= 0.3 is 6.18 Å². The predicted octanol–water partition coefficient (Wildman–Crippen LogP) is 6.53. The van der Waals surface area contributed by atoms with Crippen molar-refractivity contribution in [3.63, 3.8) is 0 Å². The Bertz CT molecular complexity index is 1030.